The molecular weight excluding hydrogens is 718 g/mol. The molecule has 1 unspecified atom stereocenters. The van der Waals surface area contributed by atoms with Crippen LogP contribution < -0.4 is 14.2 Å². The molecule has 0 radical (unpaired) electrons. The molecule has 0 fully saturated rings. The Morgan fingerprint density at radius 2 is 1.59 bits per heavy atom. The normalized spacial score (nSPS) is 14.5. The van der Waals surface area contributed by atoms with Crippen LogP contribution in [0.4, 0.5) is 0 Å². The molecule has 0 aromatic heterocycles. The van der Waals surface area contributed by atoms with Gasteiger partial charge < -0.3 is 28.5 Å². The van der Waals surface area contributed by atoms with E-state index in [1.807, 2.05) is 67.8 Å². The summed E-state index contributed by atoms with van der Waals surface area (Å²) in [7, 11) is 3.22. The van der Waals surface area contributed by atoms with E-state index in [-0.39, 0.29) is 42.4 Å². The molecule has 0 aliphatic heterocycles. The third-order valence-corrected chi connectivity index (χ3v) is 6.26. The van der Waals surface area contributed by atoms with Gasteiger partial charge in [0.15, 0.2) is 18.0 Å². The fourth-order valence-electron chi connectivity index (χ4n) is 4.35. The summed E-state index contributed by atoms with van der Waals surface area (Å²) in [5, 5.41) is 1.93. The molecule has 0 heterocycles. The predicted octanol–water partition coefficient (Wildman–Crippen LogP) is 6.76. The maximum Gasteiger partial charge on any atom is 2.00 e. The molecule has 6 nitrogen and oxygen atoms in total. The predicted molar refractivity (Wildman–Crippen MR) is 149 cm³/mol. The fourth-order valence-corrected chi connectivity index (χ4v) is 4.35. The van der Waals surface area contributed by atoms with Crippen LogP contribution in [0.3, 0.4) is 0 Å². The standard InChI is InChI=1S/C20H19O5.C12H15O.U/c1-13-9-15(24-12-21)7-8-17(13)25-18-6-4-5-14-10-19(22-2)20(23-3)11-16(14)18;1-12(2,3)11-7-5-4-6-10(11)8-9-13;/h4-8,10-11,13H,9H2,1-3H3;4-7H,8H2,1-3H3;/q2*-1;+2. The second kappa shape index (κ2) is 15.0. The summed E-state index contributed by atoms with van der Waals surface area (Å²) in [4.78, 5) is 20.7. The molecule has 202 valence electrons. The van der Waals surface area contributed by atoms with Gasteiger partial charge in [0.1, 0.15) is 11.5 Å². The Labute approximate surface area is 254 Å². The number of fused-ring (bicyclic) bond motifs is 1. The molecule has 0 saturated carbocycles. The Balaban J connectivity index is 0.000000324. The maximum absolute atomic E-state index is 10.3. The molecule has 0 N–H and O–H groups in total. The molecule has 0 spiro atoms. The number of allylic oxidation sites excluding steroid dienone is 4. The summed E-state index contributed by atoms with van der Waals surface area (Å²) >= 11 is 0. The second-order valence-corrected chi connectivity index (χ2v) is 10.0. The summed E-state index contributed by atoms with van der Waals surface area (Å²) < 4.78 is 21.7. The summed E-state index contributed by atoms with van der Waals surface area (Å²) in [6.07, 6.45) is 6.48. The molecule has 3 aromatic carbocycles. The molecule has 4 rings (SSSR count). The Morgan fingerprint density at radius 3 is 2.21 bits per heavy atom. The zero-order valence-corrected chi connectivity index (χ0v) is 27.5. The van der Waals surface area contributed by atoms with Crippen LogP contribution in [-0.2, 0) is 26.2 Å². The Hall–Kier alpha value is -3.01. The van der Waals surface area contributed by atoms with Crippen LogP contribution >= 0.6 is 0 Å². The number of rotatable bonds is 8. The summed E-state index contributed by atoms with van der Waals surface area (Å²) in [5.74, 6) is 3.53. The van der Waals surface area contributed by atoms with Crippen LogP contribution in [-0.4, -0.2) is 27.0 Å². The van der Waals surface area contributed by atoms with Gasteiger partial charge in [-0.3, -0.25) is 6.29 Å². The SMILES string of the molecule is CC(C)(C)c1ccccc1C[C-]=O.COc1cc2cccc(OC3=CC=C(O[C-]=O)CC3C)c2cc1OC.[U+2]. The zero-order valence-electron chi connectivity index (χ0n) is 23.3. The van der Waals surface area contributed by atoms with E-state index >= 15 is 0 Å². The van der Waals surface area contributed by atoms with Gasteiger partial charge in [0.05, 0.1) is 14.2 Å². The molecule has 7 heteroatoms. The van der Waals surface area contributed by atoms with Crippen LogP contribution in [0.25, 0.3) is 10.8 Å². The molecule has 0 bridgehead atoms. The topological polar surface area (TPSA) is 71.1 Å². The van der Waals surface area contributed by atoms with Gasteiger partial charge in [0, 0.05) is 11.3 Å². The molecule has 39 heavy (non-hydrogen) atoms. The van der Waals surface area contributed by atoms with Crippen molar-refractivity contribution in [1.82, 2.24) is 0 Å². The van der Waals surface area contributed by atoms with Gasteiger partial charge in [-0.25, -0.2) is 0 Å². The van der Waals surface area contributed by atoms with Crippen molar-refractivity contribution in [1.29, 1.82) is 0 Å². The average Bonchev–Trinajstić information content (AvgIpc) is 2.90. The molecule has 1 atom stereocenters. The Morgan fingerprint density at radius 1 is 0.897 bits per heavy atom. The smallest absolute Gasteiger partial charge is 0.613 e. The number of ether oxygens (including phenoxy) is 4. The number of hydrogen-bond acceptors (Lipinski definition) is 6. The first-order valence-electron chi connectivity index (χ1n) is 12.4. The third kappa shape index (κ3) is 8.49. The minimum absolute atomic E-state index is 0. The van der Waals surface area contributed by atoms with Crippen molar-refractivity contribution in [2.45, 2.75) is 46.0 Å². The van der Waals surface area contributed by atoms with Crippen molar-refractivity contribution < 1.29 is 59.6 Å². The van der Waals surface area contributed by atoms with Gasteiger partial charge in [-0.15, -0.1) is 12.5 Å². The second-order valence-electron chi connectivity index (χ2n) is 10.0. The van der Waals surface area contributed by atoms with Crippen LogP contribution in [0, 0.1) is 37.0 Å². The van der Waals surface area contributed by atoms with Gasteiger partial charge in [-0.05, 0) is 40.6 Å². The van der Waals surface area contributed by atoms with Crippen molar-refractivity contribution >= 4 is 23.5 Å². The van der Waals surface area contributed by atoms with Gasteiger partial charge in [0.25, 0.3) is 0 Å². The van der Waals surface area contributed by atoms with E-state index in [4.69, 9.17) is 18.9 Å². The maximum atomic E-state index is 10.3. The van der Waals surface area contributed by atoms with E-state index in [2.05, 4.69) is 26.8 Å². The van der Waals surface area contributed by atoms with Crippen LogP contribution in [0.15, 0.2) is 78.3 Å². The first-order valence-corrected chi connectivity index (χ1v) is 12.4. The van der Waals surface area contributed by atoms with E-state index in [0.29, 0.717) is 30.1 Å². The van der Waals surface area contributed by atoms with E-state index in [1.54, 1.807) is 20.3 Å². The molecule has 3 aromatic rings. The van der Waals surface area contributed by atoms with Crippen LogP contribution in [0.1, 0.15) is 45.2 Å². The Kier molecular flexibility index (Phi) is 12.4. The number of benzene rings is 3. The van der Waals surface area contributed by atoms with Crippen molar-refractivity contribution in [3.05, 3.63) is 89.4 Å². The minimum atomic E-state index is 0. The molecule has 0 saturated heterocycles. The van der Waals surface area contributed by atoms with Crippen molar-refractivity contribution in [2.24, 2.45) is 5.92 Å². The largest absolute Gasteiger partial charge is 2.00 e. The minimum Gasteiger partial charge on any atom is -0.613 e. The summed E-state index contributed by atoms with van der Waals surface area (Å²) in [6.45, 7) is 9.92. The average molecular weight is 753 g/mol. The van der Waals surface area contributed by atoms with Crippen molar-refractivity contribution in [2.75, 3.05) is 14.2 Å². The number of hydrogen-bond donors (Lipinski definition) is 0. The monoisotopic (exact) mass is 752 g/mol. The van der Waals surface area contributed by atoms with Crippen molar-refractivity contribution in [3.8, 4) is 17.2 Å². The third-order valence-electron chi connectivity index (χ3n) is 6.26. The van der Waals surface area contributed by atoms with Gasteiger partial charge in [0.2, 0.25) is 0 Å². The zero-order chi connectivity index (χ0) is 27.7. The van der Waals surface area contributed by atoms with Gasteiger partial charge in [-0.2, -0.15) is 0 Å². The number of methoxy groups -OCH3 is 2. The van der Waals surface area contributed by atoms with E-state index < -0.39 is 0 Å². The van der Waals surface area contributed by atoms with E-state index in [9.17, 15) is 9.59 Å². The fraction of sp³-hybridized carbons (Fsp3) is 0.312. The first-order chi connectivity index (χ1) is 18.2. The van der Waals surface area contributed by atoms with E-state index in [1.165, 1.54) is 12.0 Å². The molecule has 1 aliphatic carbocycles. The number of carbonyl (C=O) groups excluding carboxylic acids is 2. The molecular formula is C32H34O6U. The van der Waals surface area contributed by atoms with Crippen LogP contribution in [0.2, 0.25) is 0 Å². The van der Waals surface area contributed by atoms with Gasteiger partial charge >= 0.3 is 31.1 Å². The summed E-state index contributed by atoms with van der Waals surface area (Å²) in [6, 6.07) is 17.7. The molecule has 0 amide bonds. The quantitative estimate of drug-likeness (QED) is 0.237. The Bertz CT molecular complexity index is 1340. The van der Waals surface area contributed by atoms with Gasteiger partial charge in [-0.1, -0.05) is 81.8 Å². The van der Waals surface area contributed by atoms with Crippen molar-refractivity contribution in [3.63, 3.8) is 0 Å². The van der Waals surface area contributed by atoms with E-state index in [0.717, 1.165) is 27.8 Å². The van der Waals surface area contributed by atoms with Crippen LogP contribution in [0.5, 0.6) is 17.2 Å². The first kappa shape index (κ1) is 32.2. The molecule has 1 aliphatic rings. The summed E-state index contributed by atoms with van der Waals surface area (Å²) in [5.41, 5.74) is 2.43.